The van der Waals surface area contributed by atoms with Gasteiger partial charge in [0, 0.05) is 45.8 Å². The van der Waals surface area contributed by atoms with Gasteiger partial charge < -0.3 is 29.3 Å². The van der Waals surface area contributed by atoms with Gasteiger partial charge in [0.1, 0.15) is 11.6 Å². The molecule has 1 N–H and O–H groups in total. The summed E-state index contributed by atoms with van der Waals surface area (Å²) in [7, 11) is 0. The first kappa shape index (κ1) is 28.1. The molecule has 1 unspecified atom stereocenters. The number of aliphatic hydroxyl groups is 1. The molecule has 5 aliphatic rings. The monoisotopic (exact) mass is 564 g/mol. The van der Waals surface area contributed by atoms with Crippen LogP contribution in [0.3, 0.4) is 0 Å². The number of carbonyl (C=O) groups excluding carboxylic acids is 3. The third-order valence-electron chi connectivity index (χ3n) is 9.24. The van der Waals surface area contributed by atoms with Gasteiger partial charge in [0.05, 0.1) is 43.8 Å². The third-order valence-corrected chi connectivity index (χ3v) is 9.24. The Morgan fingerprint density at radius 2 is 1.68 bits per heavy atom. The largest absolute Gasteiger partial charge is 0.394 e. The lowest BCUT2D eigenvalue weighted by Gasteiger charge is -2.39. The summed E-state index contributed by atoms with van der Waals surface area (Å²) >= 11 is 0. The average Bonchev–Trinajstić information content (AvgIpc) is 3.32. The zero-order valence-electron chi connectivity index (χ0n) is 23.6. The minimum Gasteiger partial charge on any atom is -0.394 e. The molecule has 10 nitrogen and oxygen atoms in total. The number of morpholine rings is 1. The van der Waals surface area contributed by atoms with Crippen molar-refractivity contribution in [2.45, 2.75) is 37.1 Å². The molecule has 3 fully saturated rings. The number of amides is 3. The van der Waals surface area contributed by atoms with Crippen LogP contribution in [0.2, 0.25) is 0 Å². The topological polar surface area (TPSA) is 103 Å². The Labute approximate surface area is 241 Å². The predicted molar refractivity (Wildman–Crippen MR) is 150 cm³/mol. The second kappa shape index (κ2) is 11.7. The van der Waals surface area contributed by atoms with Crippen LogP contribution in [0.1, 0.15) is 24.9 Å². The smallest absolute Gasteiger partial charge is 0.249 e. The summed E-state index contributed by atoms with van der Waals surface area (Å²) in [4.78, 5) is 50.4. The van der Waals surface area contributed by atoms with Gasteiger partial charge in [-0.15, -0.1) is 0 Å². The molecule has 6 rings (SSSR count). The van der Waals surface area contributed by atoms with Crippen LogP contribution in [0, 0.1) is 11.8 Å². The van der Waals surface area contributed by atoms with Crippen molar-refractivity contribution >= 4 is 17.7 Å². The zero-order chi connectivity index (χ0) is 28.6. The Kier molecular flexibility index (Phi) is 8.00. The zero-order valence-corrected chi connectivity index (χ0v) is 23.6. The number of likely N-dealkylation sites (tertiary alicyclic amines) is 1. The summed E-state index contributed by atoms with van der Waals surface area (Å²) in [5.74, 6) is -2.27. The highest BCUT2D eigenvalue weighted by atomic mass is 16.5. The molecule has 1 aromatic carbocycles. The lowest BCUT2D eigenvalue weighted by Crippen LogP contribution is -2.57. The van der Waals surface area contributed by atoms with E-state index in [2.05, 4.69) is 4.90 Å². The molecule has 0 aromatic heterocycles. The SMILES string of the molecule is CCCN1CC=C[C@@H]2O[C@]34C=CCN(CCN5CCOCC5)C(=O)C3N([C@H](CO)c3ccccc3)C(=O)[C@@H]4[C@@H]2C1=O. The van der Waals surface area contributed by atoms with Gasteiger partial charge in [-0.1, -0.05) is 61.6 Å². The van der Waals surface area contributed by atoms with E-state index >= 15 is 0 Å². The second-order valence-electron chi connectivity index (χ2n) is 11.5. The van der Waals surface area contributed by atoms with Crippen molar-refractivity contribution in [3.05, 3.63) is 60.2 Å². The number of aliphatic hydroxyl groups excluding tert-OH is 1. The van der Waals surface area contributed by atoms with E-state index in [1.54, 1.807) is 9.80 Å². The van der Waals surface area contributed by atoms with Crippen LogP contribution in [0.5, 0.6) is 0 Å². The van der Waals surface area contributed by atoms with Gasteiger partial charge >= 0.3 is 0 Å². The number of fused-ring (bicyclic) bond motifs is 2. The summed E-state index contributed by atoms with van der Waals surface area (Å²) in [6.07, 6.45) is 7.80. The number of carbonyl (C=O) groups is 3. The third kappa shape index (κ3) is 4.80. The second-order valence-corrected chi connectivity index (χ2v) is 11.5. The van der Waals surface area contributed by atoms with Gasteiger partial charge in [-0.2, -0.15) is 0 Å². The number of benzene rings is 1. The highest BCUT2D eigenvalue weighted by Crippen LogP contribution is 2.55. The van der Waals surface area contributed by atoms with Gasteiger partial charge in [0.2, 0.25) is 17.7 Å². The summed E-state index contributed by atoms with van der Waals surface area (Å²) < 4.78 is 12.2. The predicted octanol–water partition coefficient (Wildman–Crippen LogP) is 0.840. The van der Waals surface area contributed by atoms with Gasteiger partial charge in [0.15, 0.2) is 0 Å². The van der Waals surface area contributed by atoms with Gasteiger partial charge in [-0.05, 0) is 12.0 Å². The number of nitrogens with zero attached hydrogens (tertiary/aromatic N) is 4. The van der Waals surface area contributed by atoms with E-state index in [9.17, 15) is 19.5 Å². The summed E-state index contributed by atoms with van der Waals surface area (Å²) in [6, 6.07) is 7.54. The molecule has 5 heterocycles. The molecule has 1 aromatic rings. The minimum atomic E-state index is -1.31. The van der Waals surface area contributed by atoms with Crippen LogP contribution < -0.4 is 0 Å². The van der Waals surface area contributed by atoms with E-state index in [0.29, 0.717) is 45.9 Å². The number of rotatable bonds is 8. The Hall–Kier alpha value is -3.05. The molecule has 3 saturated heterocycles. The molecular weight excluding hydrogens is 524 g/mol. The average molecular weight is 565 g/mol. The van der Waals surface area contributed by atoms with E-state index in [4.69, 9.17) is 9.47 Å². The Morgan fingerprint density at radius 1 is 0.951 bits per heavy atom. The van der Waals surface area contributed by atoms with E-state index in [0.717, 1.165) is 25.1 Å². The van der Waals surface area contributed by atoms with Crippen LogP contribution in [0.4, 0.5) is 0 Å². The number of hydrogen-bond donors (Lipinski definition) is 1. The lowest BCUT2D eigenvalue weighted by molar-refractivity contribution is -0.151. The molecule has 0 bridgehead atoms. The van der Waals surface area contributed by atoms with Gasteiger partial charge in [0.25, 0.3) is 0 Å². The van der Waals surface area contributed by atoms with Crippen molar-refractivity contribution in [2.24, 2.45) is 11.8 Å². The molecule has 1 spiro atoms. The van der Waals surface area contributed by atoms with Crippen LogP contribution in [-0.2, 0) is 23.9 Å². The molecule has 220 valence electrons. The molecule has 6 atom stereocenters. The molecule has 0 aliphatic carbocycles. The van der Waals surface area contributed by atoms with Crippen molar-refractivity contribution < 1.29 is 29.0 Å². The molecule has 0 saturated carbocycles. The summed E-state index contributed by atoms with van der Waals surface area (Å²) in [6.45, 7) is 7.26. The maximum absolute atomic E-state index is 14.6. The summed E-state index contributed by atoms with van der Waals surface area (Å²) in [5.41, 5.74) is -0.579. The van der Waals surface area contributed by atoms with E-state index < -0.39 is 35.6 Å². The van der Waals surface area contributed by atoms with Crippen LogP contribution >= 0.6 is 0 Å². The fraction of sp³-hybridized carbons (Fsp3) is 0.581. The van der Waals surface area contributed by atoms with E-state index in [-0.39, 0.29) is 24.3 Å². The first-order chi connectivity index (χ1) is 20.0. The normalized spacial score (nSPS) is 32.5. The Balaban J connectivity index is 1.40. The highest BCUT2D eigenvalue weighted by Gasteiger charge is 2.72. The van der Waals surface area contributed by atoms with Crippen LogP contribution in [-0.4, -0.2) is 126 Å². The van der Waals surface area contributed by atoms with Crippen molar-refractivity contribution in [2.75, 3.05) is 65.6 Å². The molecule has 5 aliphatic heterocycles. The first-order valence-electron chi connectivity index (χ1n) is 14.9. The van der Waals surface area contributed by atoms with E-state index in [1.807, 2.05) is 61.6 Å². The quantitative estimate of drug-likeness (QED) is 0.467. The van der Waals surface area contributed by atoms with Gasteiger partial charge in [-0.25, -0.2) is 0 Å². The number of ether oxygens (including phenoxy) is 2. The van der Waals surface area contributed by atoms with Crippen molar-refractivity contribution in [3.8, 4) is 0 Å². The molecule has 41 heavy (non-hydrogen) atoms. The first-order valence-corrected chi connectivity index (χ1v) is 14.9. The fourth-order valence-electron chi connectivity index (χ4n) is 7.30. The maximum atomic E-state index is 14.6. The summed E-state index contributed by atoms with van der Waals surface area (Å²) in [5, 5.41) is 10.7. The standard InChI is InChI=1S/C31H40N4O6/c1-2-12-33-13-6-10-24-25(28(33)37)26-29(38)35(23(21-36)22-8-4-3-5-9-22)27-30(39)34(14-7-11-31(26,27)41-24)16-15-32-17-19-40-20-18-32/h3-11,23-27,36H,2,12-21H2,1H3/t23-,24+,25-,26+,27?,31+/m1/s1. The van der Waals surface area contributed by atoms with Crippen LogP contribution in [0.15, 0.2) is 54.6 Å². The fourth-order valence-corrected chi connectivity index (χ4v) is 7.30. The molecule has 3 amide bonds. The maximum Gasteiger partial charge on any atom is 0.249 e. The highest BCUT2D eigenvalue weighted by molar-refractivity contribution is 6.00. The Morgan fingerprint density at radius 3 is 2.41 bits per heavy atom. The molecule has 0 radical (unpaired) electrons. The van der Waals surface area contributed by atoms with Crippen molar-refractivity contribution in [3.63, 3.8) is 0 Å². The number of hydrogen-bond acceptors (Lipinski definition) is 7. The van der Waals surface area contributed by atoms with Crippen molar-refractivity contribution in [1.82, 2.24) is 19.6 Å². The van der Waals surface area contributed by atoms with E-state index in [1.165, 1.54) is 4.90 Å². The Bertz CT molecular complexity index is 1200. The molecular formula is C31H40N4O6. The molecule has 10 heteroatoms. The van der Waals surface area contributed by atoms with Crippen LogP contribution in [0.25, 0.3) is 0 Å². The van der Waals surface area contributed by atoms with Crippen molar-refractivity contribution in [1.29, 1.82) is 0 Å². The lowest BCUT2D eigenvalue weighted by atomic mass is 9.77. The minimum absolute atomic E-state index is 0.118. The van der Waals surface area contributed by atoms with Gasteiger partial charge in [-0.3, -0.25) is 19.3 Å².